The number of aromatic nitrogens is 2. The molecule has 0 unspecified atom stereocenters. The van der Waals surface area contributed by atoms with Gasteiger partial charge in [-0.3, -0.25) is 9.48 Å². The lowest BCUT2D eigenvalue weighted by atomic mass is 9.85. The van der Waals surface area contributed by atoms with E-state index in [4.69, 9.17) is 0 Å². The van der Waals surface area contributed by atoms with Crippen molar-refractivity contribution in [1.82, 2.24) is 9.78 Å². The van der Waals surface area contributed by atoms with Gasteiger partial charge in [0.25, 0.3) is 0 Å². The Morgan fingerprint density at radius 1 is 1.33 bits per heavy atom. The molecule has 0 saturated heterocycles. The summed E-state index contributed by atoms with van der Waals surface area (Å²) in [6.07, 6.45) is 3.15. The van der Waals surface area contributed by atoms with Gasteiger partial charge in [0.1, 0.15) is 5.82 Å². The van der Waals surface area contributed by atoms with Crippen LogP contribution in [0.15, 0.2) is 28.7 Å². The van der Waals surface area contributed by atoms with E-state index in [1.54, 1.807) is 4.68 Å². The van der Waals surface area contributed by atoms with Crippen molar-refractivity contribution in [2.75, 3.05) is 5.32 Å². The van der Waals surface area contributed by atoms with Gasteiger partial charge in [-0.25, -0.2) is 0 Å². The molecule has 4 nitrogen and oxygen atoms in total. The molecule has 0 atom stereocenters. The number of hydrogen-bond acceptors (Lipinski definition) is 2. The Bertz CT molecular complexity index is 672. The number of carbonyl (C=O) groups excluding carboxylic acids is 1. The highest BCUT2D eigenvalue weighted by Gasteiger charge is 2.27. The zero-order valence-corrected chi connectivity index (χ0v) is 13.8. The molecule has 0 radical (unpaired) electrons. The highest BCUT2D eigenvalue weighted by molar-refractivity contribution is 9.10. The molecule has 1 aliphatic rings. The maximum atomic E-state index is 12.2. The van der Waals surface area contributed by atoms with Crippen LogP contribution in [0.3, 0.4) is 0 Å². The largest absolute Gasteiger partial charge is 0.310 e. The Morgan fingerprint density at radius 2 is 2.00 bits per heavy atom. The van der Waals surface area contributed by atoms with E-state index in [9.17, 15) is 4.79 Å². The lowest BCUT2D eigenvalue weighted by molar-refractivity contribution is -0.122. The molecule has 0 bridgehead atoms. The zero-order valence-electron chi connectivity index (χ0n) is 12.2. The molecule has 21 heavy (non-hydrogen) atoms. The predicted octanol–water partition coefficient (Wildman–Crippen LogP) is 3.90. The van der Waals surface area contributed by atoms with Crippen LogP contribution in [-0.2, 0) is 11.8 Å². The average Bonchev–Trinajstić information content (AvgIpc) is 2.63. The van der Waals surface area contributed by atoms with Crippen LogP contribution in [0.5, 0.6) is 0 Å². The molecule has 1 amide bonds. The number of anilines is 1. The van der Waals surface area contributed by atoms with Gasteiger partial charge in [0.05, 0.1) is 5.69 Å². The first-order chi connectivity index (χ1) is 10.1. The molecule has 1 N–H and O–H groups in total. The summed E-state index contributed by atoms with van der Waals surface area (Å²) >= 11 is 3.45. The van der Waals surface area contributed by atoms with Gasteiger partial charge in [0.15, 0.2) is 0 Å². The minimum absolute atomic E-state index is 0.114. The fraction of sp³-hybridized carbons (Fsp3) is 0.375. The molecule has 3 rings (SSSR count). The number of benzene rings is 1. The molecule has 2 aromatic rings. The summed E-state index contributed by atoms with van der Waals surface area (Å²) < 4.78 is 2.79. The highest BCUT2D eigenvalue weighted by atomic mass is 79.9. The molecule has 0 spiro atoms. The standard InChI is InChI=1S/C16H18BrN3O/c1-10-14(11-6-8-13(17)9-7-11)15(20(2)19-10)18-16(21)12-4-3-5-12/h6-9,12H,3-5H2,1-2H3,(H,18,21). The molecule has 1 fully saturated rings. The Hall–Kier alpha value is -1.62. The van der Waals surface area contributed by atoms with Crippen molar-refractivity contribution in [3.8, 4) is 11.1 Å². The molecule has 1 aromatic carbocycles. The van der Waals surface area contributed by atoms with Crippen molar-refractivity contribution >= 4 is 27.7 Å². The minimum Gasteiger partial charge on any atom is -0.310 e. The van der Waals surface area contributed by atoms with Crippen LogP contribution >= 0.6 is 15.9 Å². The SMILES string of the molecule is Cc1nn(C)c(NC(=O)C2CCC2)c1-c1ccc(Br)cc1. The van der Waals surface area contributed by atoms with Gasteiger partial charge in [0.2, 0.25) is 5.91 Å². The number of nitrogens with zero attached hydrogens (tertiary/aromatic N) is 2. The molecule has 1 aromatic heterocycles. The van der Waals surface area contributed by atoms with E-state index in [0.717, 1.165) is 46.4 Å². The van der Waals surface area contributed by atoms with E-state index in [1.807, 2.05) is 38.2 Å². The summed E-state index contributed by atoms with van der Waals surface area (Å²) in [6.45, 7) is 1.97. The van der Waals surface area contributed by atoms with E-state index in [0.29, 0.717) is 0 Å². The number of hydrogen-bond donors (Lipinski definition) is 1. The lowest BCUT2D eigenvalue weighted by Crippen LogP contribution is -2.29. The number of aryl methyl sites for hydroxylation is 2. The first kappa shape index (κ1) is 14.3. The molecule has 1 aliphatic carbocycles. The highest BCUT2D eigenvalue weighted by Crippen LogP contribution is 2.33. The molecule has 0 aliphatic heterocycles. The second kappa shape index (κ2) is 5.64. The number of nitrogens with one attached hydrogen (secondary N) is 1. The molecule has 1 heterocycles. The summed E-state index contributed by atoms with van der Waals surface area (Å²) in [5.74, 6) is 1.06. The van der Waals surface area contributed by atoms with Crippen molar-refractivity contribution in [3.63, 3.8) is 0 Å². The molecular formula is C16H18BrN3O. The third kappa shape index (κ3) is 2.75. The van der Waals surface area contributed by atoms with E-state index >= 15 is 0 Å². The normalized spacial score (nSPS) is 14.8. The first-order valence-electron chi connectivity index (χ1n) is 7.16. The van der Waals surface area contributed by atoms with Crippen LogP contribution < -0.4 is 5.32 Å². The number of halogens is 1. The third-order valence-corrected chi connectivity index (χ3v) is 4.60. The topological polar surface area (TPSA) is 46.9 Å². The van der Waals surface area contributed by atoms with Crippen LogP contribution in [0.1, 0.15) is 25.0 Å². The van der Waals surface area contributed by atoms with E-state index in [1.165, 1.54) is 0 Å². The predicted molar refractivity (Wildman–Crippen MR) is 87.1 cm³/mol. The van der Waals surface area contributed by atoms with Crippen molar-refractivity contribution in [3.05, 3.63) is 34.4 Å². The second-order valence-corrected chi connectivity index (χ2v) is 6.47. The number of carbonyl (C=O) groups is 1. The maximum absolute atomic E-state index is 12.2. The van der Waals surface area contributed by atoms with Crippen LogP contribution in [-0.4, -0.2) is 15.7 Å². The lowest BCUT2D eigenvalue weighted by Gasteiger charge is -2.24. The average molecular weight is 348 g/mol. The Kier molecular flexibility index (Phi) is 3.85. The first-order valence-corrected chi connectivity index (χ1v) is 7.96. The van der Waals surface area contributed by atoms with Gasteiger partial charge in [-0.2, -0.15) is 5.10 Å². The van der Waals surface area contributed by atoms with Gasteiger partial charge >= 0.3 is 0 Å². The summed E-state index contributed by atoms with van der Waals surface area (Å²) in [4.78, 5) is 12.2. The third-order valence-electron chi connectivity index (χ3n) is 4.07. The quantitative estimate of drug-likeness (QED) is 0.915. The second-order valence-electron chi connectivity index (χ2n) is 5.56. The summed E-state index contributed by atoms with van der Waals surface area (Å²) in [7, 11) is 1.87. The summed E-state index contributed by atoms with van der Waals surface area (Å²) in [6, 6.07) is 8.07. The monoisotopic (exact) mass is 347 g/mol. The Morgan fingerprint density at radius 3 is 2.57 bits per heavy atom. The van der Waals surface area contributed by atoms with Gasteiger partial charge in [-0.05, 0) is 37.5 Å². The molecule has 1 saturated carbocycles. The smallest absolute Gasteiger partial charge is 0.228 e. The number of rotatable bonds is 3. The van der Waals surface area contributed by atoms with E-state index < -0.39 is 0 Å². The van der Waals surface area contributed by atoms with Crippen molar-refractivity contribution in [1.29, 1.82) is 0 Å². The fourth-order valence-electron chi connectivity index (χ4n) is 2.65. The van der Waals surface area contributed by atoms with Gasteiger partial charge in [0, 0.05) is 23.0 Å². The summed E-state index contributed by atoms with van der Waals surface area (Å²) in [5.41, 5.74) is 2.98. The van der Waals surface area contributed by atoms with Crippen molar-refractivity contribution in [2.45, 2.75) is 26.2 Å². The number of amides is 1. The maximum Gasteiger partial charge on any atom is 0.228 e. The fourth-order valence-corrected chi connectivity index (χ4v) is 2.92. The van der Waals surface area contributed by atoms with Crippen LogP contribution in [0.4, 0.5) is 5.82 Å². The minimum atomic E-state index is 0.114. The van der Waals surface area contributed by atoms with Gasteiger partial charge < -0.3 is 5.32 Å². The Balaban J connectivity index is 1.96. The summed E-state index contributed by atoms with van der Waals surface area (Å²) in [5, 5.41) is 7.52. The van der Waals surface area contributed by atoms with Gasteiger partial charge in [-0.1, -0.05) is 34.5 Å². The Labute approximate surface area is 132 Å². The van der Waals surface area contributed by atoms with Crippen molar-refractivity contribution < 1.29 is 4.79 Å². The van der Waals surface area contributed by atoms with Crippen LogP contribution in [0, 0.1) is 12.8 Å². The van der Waals surface area contributed by atoms with Crippen LogP contribution in [0.25, 0.3) is 11.1 Å². The molecule has 5 heteroatoms. The van der Waals surface area contributed by atoms with Crippen molar-refractivity contribution in [2.24, 2.45) is 13.0 Å². The molecule has 110 valence electrons. The van der Waals surface area contributed by atoms with E-state index in [2.05, 4.69) is 26.3 Å². The molecular weight excluding hydrogens is 330 g/mol. The van der Waals surface area contributed by atoms with Gasteiger partial charge in [-0.15, -0.1) is 0 Å². The zero-order chi connectivity index (χ0) is 15.0. The van der Waals surface area contributed by atoms with Crippen LogP contribution in [0.2, 0.25) is 0 Å². The van der Waals surface area contributed by atoms with E-state index in [-0.39, 0.29) is 11.8 Å².